The van der Waals surface area contributed by atoms with Gasteiger partial charge in [0.25, 0.3) is 0 Å². The lowest BCUT2D eigenvalue weighted by atomic mass is 10.1. The number of nitrogens with one attached hydrogen (secondary N) is 1. The molecule has 0 fully saturated rings. The minimum Gasteiger partial charge on any atom is -0.493 e. The summed E-state index contributed by atoms with van der Waals surface area (Å²) < 4.78 is 17.5. The number of hydrazone groups is 1. The number of methoxy groups -OCH3 is 2. The number of hydrogen-bond acceptors (Lipinski definition) is 7. The van der Waals surface area contributed by atoms with Crippen LogP contribution in [0.5, 0.6) is 11.5 Å². The van der Waals surface area contributed by atoms with Crippen molar-refractivity contribution in [3.63, 3.8) is 0 Å². The summed E-state index contributed by atoms with van der Waals surface area (Å²) in [5, 5.41) is 13.8. The molecule has 170 valence electrons. The van der Waals surface area contributed by atoms with Gasteiger partial charge < -0.3 is 14.2 Å². The molecule has 1 aromatic heterocycles. The Bertz CT molecular complexity index is 1200. The van der Waals surface area contributed by atoms with E-state index in [1.165, 1.54) is 5.56 Å². The van der Waals surface area contributed by atoms with E-state index in [0.717, 1.165) is 26.9 Å². The average molecular weight is 509 g/mol. The average Bonchev–Trinajstić information content (AvgIpc) is 2.79. The van der Waals surface area contributed by atoms with Crippen molar-refractivity contribution in [1.29, 1.82) is 5.26 Å². The number of hydrogen-bond donors (Lipinski definition) is 1. The van der Waals surface area contributed by atoms with Crippen LogP contribution in [0.1, 0.15) is 33.5 Å². The zero-order valence-corrected chi connectivity index (χ0v) is 20.6. The number of benzene rings is 2. The summed E-state index contributed by atoms with van der Waals surface area (Å²) in [6, 6.07) is 15.8. The molecule has 3 aromatic rings. The normalized spacial score (nSPS) is 10.8. The Labute approximate surface area is 202 Å². The zero-order chi connectivity index (χ0) is 23.8. The van der Waals surface area contributed by atoms with Crippen LogP contribution in [0, 0.1) is 25.2 Å². The minimum absolute atomic E-state index is 0.317. The summed E-state index contributed by atoms with van der Waals surface area (Å²) >= 11 is 3.57. The molecule has 0 atom stereocenters. The summed E-state index contributed by atoms with van der Waals surface area (Å²) in [6.07, 6.45) is 1.62. The SMILES string of the molecule is COCc1cc(C)nc(NN=Cc2cc(OC)c(OCc3cccc(C)c3)cc2Br)c1C#N. The predicted molar refractivity (Wildman–Crippen MR) is 132 cm³/mol. The highest BCUT2D eigenvalue weighted by molar-refractivity contribution is 9.10. The summed E-state index contributed by atoms with van der Waals surface area (Å²) in [7, 11) is 3.18. The summed E-state index contributed by atoms with van der Waals surface area (Å²) in [5.41, 5.74) is 7.81. The van der Waals surface area contributed by atoms with E-state index in [0.29, 0.717) is 36.1 Å². The van der Waals surface area contributed by atoms with Crippen molar-refractivity contribution in [2.75, 3.05) is 19.6 Å². The third-order valence-corrected chi connectivity index (χ3v) is 5.46. The molecule has 1 N–H and O–H groups in total. The molecule has 7 nitrogen and oxygen atoms in total. The number of rotatable bonds is 9. The maximum Gasteiger partial charge on any atom is 0.164 e. The van der Waals surface area contributed by atoms with Crippen LogP contribution in [-0.4, -0.2) is 25.4 Å². The predicted octanol–water partition coefficient (Wildman–Crippen LogP) is 5.51. The lowest BCUT2D eigenvalue weighted by molar-refractivity contribution is 0.184. The molecule has 0 aliphatic carbocycles. The first-order chi connectivity index (χ1) is 15.9. The first-order valence-corrected chi connectivity index (χ1v) is 11.0. The molecular weight excluding hydrogens is 484 g/mol. The second-order valence-electron chi connectivity index (χ2n) is 7.36. The van der Waals surface area contributed by atoms with Crippen LogP contribution >= 0.6 is 15.9 Å². The fourth-order valence-electron chi connectivity index (χ4n) is 3.26. The van der Waals surface area contributed by atoms with Crippen LogP contribution < -0.4 is 14.9 Å². The molecule has 33 heavy (non-hydrogen) atoms. The Balaban J connectivity index is 1.78. The van der Waals surface area contributed by atoms with Gasteiger partial charge in [0.15, 0.2) is 17.3 Å². The van der Waals surface area contributed by atoms with Crippen molar-refractivity contribution in [2.45, 2.75) is 27.1 Å². The molecule has 8 heteroatoms. The number of pyridine rings is 1. The molecule has 0 radical (unpaired) electrons. The number of nitrogens with zero attached hydrogens (tertiary/aromatic N) is 3. The highest BCUT2D eigenvalue weighted by atomic mass is 79.9. The maximum atomic E-state index is 9.55. The van der Waals surface area contributed by atoms with Crippen molar-refractivity contribution in [3.05, 3.63) is 80.4 Å². The second-order valence-corrected chi connectivity index (χ2v) is 8.22. The van der Waals surface area contributed by atoms with E-state index in [2.05, 4.69) is 43.6 Å². The number of nitriles is 1. The van der Waals surface area contributed by atoms with Crippen molar-refractivity contribution in [2.24, 2.45) is 5.10 Å². The van der Waals surface area contributed by atoms with Gasteiger partial charge in [-0.05, 0) is 53.5 Å². The Kier molecular flexibility index (Phi) is 8.41. The van der Waals surface area contributed by atoms with Gasteiger partial charge in [0.1, 0.15) is 18.2 Å². The molecule has 1 heterocycles. The van der Waals surface area contributed by atoms with Crippen molar-refractivity contribution < 1.29 is 14.2 Å². The number of ether oxygens (including phenoxy) is 3. The Morgan fingerprint density at radius 1 is 1.12 bits per heavy atom. The molecule has 0 saturated heterocycles. The minimum atomic E-state index is 0.317. The third-order valence-electron chi connectivity index (χ3n) is 4.77. The summed E-state index contributed by atoms with van der Waals surface area (Å²) in [5.74, 6) is 1.58. The molecule has 2 aromatic carbocycles. The lowest BCUT2D eigenvalue weighted by Gasteiger charge is -2.13. The van der Waals surface area contributed by atoms with E-state index in [4.69, 9.17) is 14.2 Å². The summed E-state index contributed by atoms with van der Waals surface area (Å²) in [4.78, 5) is 4.39. The van der Waals surface area contributed by atoms with Gasteiger partial charge >= 0.3 is 0 Å². The van der Waals surface area contributed by atoms with Crippen LogP contribution in [0.15, 0.2) is 52.0 Å². The highest BCUT2D eigenvalue weighted by Gasteiger charge is 2.12. The van der Waals surface area contributed by atoms with E-state index in [1.54, 1.807) is 20.4 Å². The fraction of sp³-hybridized carbons (Fsp3) is 0.240. The molecule has 0 unspecified atom stereocenters. The van der Waals surface area contributed by atoms with Gasteiger partial charge in [-0.3, -0.25) is 5.43 Å². The topological polar surface area (TPSA) is 88.8 Å². The maximum absolute atomic E-state index is 9.55. The van der Waals surface area contributed by atoms with Gasteiger partial charge in [0, 0.05) is 28.4 Å². The van der Waals surface area contributed by atoms with Crippen LogP contribution in [0.3, 0.4) is 0 Å². The Morgan fingerprint density at radius 2 is 1.94 bits per heavy atom. The quantitative estimate of drug-likeness (QED) is 0.302. The van der Waals surface area contributed by atoms with Gasteiger partial charge in [0.05, 0.1) is 19.9 Å². The third kappa shape index (κ3) is 6.31. The largest absolute Gasteiger partial charge is 0.493 e. The lowest BCUT2D eigenvalue weighted by Crippen LogP contribution is -2.04. The molecule has 0 bridgehead atoms. The second kappa shape index (κ2) is 11.5. The van der Waals surface area contributed by atoms with Crippen LogP contribution in [0.25, 0.3) is 0 Å². The first-order valence-electron chi connectivity index (χ1n) is 10.2. The van der Waals surface area contributed by atoms with Gasteiger partial charge in [-0.25, -0.2) is 4.98 Å². The van der Waals surface area contributed by atoms with E-state index in [1.807, 2.05) is 50.2 Å². The van der Waals surface area contributed by atoms with E-state index >= 15 is 0 Å². The van der Waals surface area contributed by atoms with E-state index < -0.39 is 0 Å². The Hall–Kier alpha value is -3.41. The molecule has 0 aliphatic rings. The molecule has 0 saturated carbocycles. The van der Waals surface area contributed by atoms with Gasteiger partial charge in [-0.1, -0.05) is 29.8 Å². The van der Waals surface area contributed by atoms with Crippen molar-refractivity contribution in [3.8, 4) is 17.6 Å². The number of aromatic nitrogens is 1. The van der Waals surface area contributed by atoms with Gasteiger partial charge in [0.2, 0.25) is 0 Å². The van der Waals surface area contributed by atoms with E-state index in [9.17, 15) is 5.26 Å². The van der Waals surface area contributed by atoms with Crippen LogP contribution in [0.2, 0.25) is 0 Å². The molecular formula is C25H25BrN4O3. The van der Waals surface area contributed by atoms with Crippen molar-refractivity contribution >= 4 is 28.0 Å². The van der Waals surface area contributed by atoms with E-state index in [-0.39, 0.29) is 0 Å². The highest BCUT2D eigenvalue weighted by Crippen LogP contribution is 2.33. The molecule has 0 amide bonds. The van der Waals surface area contributed by atoms with Crippen LogP contribution in [0.4, 0.5) is 5.82 Å². The summed E-state index contributed by atoms with van der Waals surface area (Å²) in [6.45, 7) is 4.65. The van der Waals surface area contributed by atoms with Gasteiger partial charge in [-0.2, -0.15) is 10.4 Å². The van der Waals surface area contributed by atoms with Crippen molar-refractivity contribution in [1.82, 2.24) is 4.98 Å². The number of anilines is 1. The first kappa shape index (κ1) is 24.2. The van der Waals surface area contributed by atoms with Crippen LogP contribution in [-0.2, 0) is 18.0 Å². The molecule has 3 rings (SSSR count). The molecule has 0 spiro atoms. The standard InChI is InChI=1S/C25H25BrN4O3/c1-16-6-5-7-18(8-16)14-33-24-11-22(26)19(10-23(24)32-4)13-28-30-25-21(12-27)20(15-31-3)9-17(2)29-25/h5-11,13H,14-15H2,1-4H3,(H,29,30). The Morgan fingerprint density at radius 3 is 2.64 bits per heavy atom. The van der Waals surface area contributed by atoms with Gasteiger partial charge in [-0.15, -0.1) is 0 Å². The molecule has 0 aliphatic heterocycles. The number of halogens is 1. The smallest absolute Gasteiger partial charge is 0.164 e. The zero-order valence-electron chi connectivity index (χ0n) is 19.0. The fourth-order valence-corrected chi connectivity index (χ4v) is 3.69. The number of aryl methyl sites for hydroxylation is 2. The monoisotopic (exact) mass is 508 g/mol.